The van der Waals surface area contributed by atoms with Gasteiger partial charge < -0.3 is 9.47 Å². The molecule has 0 radical (unpaired) electrons. The van der Waals surface area contributed by atoms with Crippen LogP contribution < -0.4 is 9.64 Å². The molecule has 0 saturated carbocycles. The van der Waals surface area contributed by atoms with E-state index in [1.807, 2.05) is 12.1 Å². The molecule has 5 heteroatoms. The maximum Gasteiger partial charge on any atom is 0.421 e. The van der Waals surface area contributed by atoms with Gasteiger partial charge in [-0.1, -0.05) is 6.07 Å². The van der Waals surface area contributed by atoms with Crippen LogP contribution in [-0.2, 0) is 16.0 Å². The molecule has 0 N–H and O–H groups in total. The van der Waals surface area contributed by atoms with Crippen LogP contribution in [0.15, 0.2) is 18.2 Å². The van der Waals surface area contributed by atoms with E-state index in [1.54, 1.807) is 20.1 Å². The molecule has 2 rings (SSSR count). The molecule has 0 unspecified atom stereocenters. The van der Waals surface area contributed by atoms with Crippen molar-refractivity contribution >= 4 is 17.7 Å². The molecule has 1 heterocycles. The monoisotopic (exact) mass is 263 g/mol. The van der Waals surface area contributed by atoms with Crippen LogP contribution in [0.2, 0.25) is 0 Å². The lowest BCUT2D eigenvalue weighted by molar-refractivity contribution is -0.118. The highest BCUT2D eigenvalue weighted by Crippen LogP contribution is 2.31. The minimum atomic E-state index is -0.621. The molecule has 0 spiro atoms. The number of carbonyl (C=O) groups excluding carboxylic acids is 2. The van der Waals surface area contributed by atoms with Crippen molar-refractivity contribution in [3.05, 3.63) is 23.8 Å². The quantitative estimate of drug-likeness (QED) is 0.822. The highest BCUT2D eigenvalue weighted by Gasteiger charge is 2.29. The number of benzene rings is 1. The largest absolute Gasteiger partial charge is 0.497 e. The Morgan fingerprint density at radius 3 is 2.84 bits per heavy atom. The van der Waals surface area contributed by atoms with Crippen molar-refractivity contribution in [1.29, 1.82) is 0 Å². The van der Waals surface area contributed by atoms with E-state index in [0.29, 0.717) is 17.9 Å². The first-order valence-electron chi connectivity index (χ1n) is 6.34. The predicted molar refractivity (Wildman–Crippen MR) is 70.4 cm³/mol. The topological polar surface area (TPSA) is 55.8 Å². The molecular weight excluding hydrogens is 246 g/mol. The first kappa shape index (κ1) is 13.4. The average Bonchev–Trinajstić information content (AvgIpc) is 2.56. The Hall–Kier alpha value is -2.04. The van der Waals surface area contributed by atoms with E-state index in [4.69, 9.17) is 9.47 Å². The van der Waals surface area contributed by atoms with Crippen LogP contribution >= 0.6 is 0 Å². The summed E-state index contributed by atoms with van der Waals surface area (Å²) in [5, 5.41) is 0. The first-order chi connectivity index (χ1) is 9.17. The average molecular weight is 263 g/mol. The number of ether oxygens (including phenoxy) is 2. The van der Waals surface area contributed by atoms with Crippen molar-refractivity contribution in [2.45, 2.75) is 26.2 Å². The van der Waals surface area contributed by atoms with Crippen molar-refractivity contribution in [1.82, 2.24) is 0 Å². The molecule has 19 heavy (non-hydrogen) atoms. The summed E-state index contributed by atoms with van der Waals surface area (Å²) in [5.74, 6) is 0.383. The van der Waals surface area contributed by atoms with Crippen molar-refractivity contribution in [2.75, 3.05) is 18.6 Å². The van der Waals surface area contributed by atoms with Crippen LogP contribution in [0.3, 0.4) is 0 Å². The van der Waals surface area contributed by atoms with Crippen molar-refractivity contribution in [3.8, 4) is 5.75 Å². The lowest BCUT2D eigenvalue weighted by Gasteiger charge is -2.20. The van der Waals surface area contributed by atoms with Gasteiger partial charge in [-0.25, -0.2) is 9.69 Å². The minimum Gasteiger partial charge on any atom is -0.497 e. The number of carbonyl (C=O) groups is 2. The van der Waals surface area contributed by atoms with Crippen LogP contribution in [-0.4, -0.2) is 25.7 Å². The number of anilines is 1. The summed E-state index contributed by atoms with van der Waals surface area (Å²) in [6, 6.07) is 5.42. The van der Waals surface area contributed by atoms with E-state index in [1.165, 1.54) is 0 Å². The minimum absolute atomic E-state index is 0.231. The van der Waals surface area contributed by atoms with Gasteiger partial charge in [-0.05, 0) is 31.4 Å². The van der Waals surface area contributed by atoms with E-state index < -0.39 is 6.09 Å². The van der Waals surface area contributed by atoms with Crippen LogP contribution in [0.4, 0.5) is 10.5 Å². The van der Waals surface area contributed by atoms with Crippen LogP contribution in [0, 0.1) is 0 Å². The van der Waals surface area contributed by atoms with Gasteiger partial charge >= 0.3 is 6.09 Å². The van der Waals surface area contributed by atoms with Gasteiger partial charge in [0.15, 0.2) is 0 Å². The van der Waals surface area contributed by atoms with Gasteiger partial charge in [0.2, 0.25) is 5.91 Å². The summed E-state index contributed by atoms with van der Waals surface area (Å²) in [6.45, 7) is 1.95. The van der Waals surface area contributed by atoms with Gasteiger partial charge in [-0.3, -0.25) is 4.79 Å². The highest BCUT2D eigenvalue weighted by molar-refractivity contribution is 6.13. The number of fused-ring (bicyclic) bond motifs is 1. The molecule has 102 valence electrons. The lowest BCUT2D eigenvalue weighted by Crippen LogP contribution is -2.37. The summed E-state index contributed by atoms with van der Waals surface area (Å²) >= 11 is 0. The fourth-order valence-electron chi connectivity index (χ4n) is 2.15. The second-order valence-electron chi connectivity index (χ2n) is 4.28. The third-order valence-electron chi connectivity index (χ3n) is 3.07. The van der Waals surface area contributed by atoms with Gasteiger partial charge in [-0.2, -0.15) is 0 Å². The molecule has 1 aliphatic heterocycles. The van der Waals surface area contributed by atoms with Crippen molar-refractivity contribution in [2.24, 2.45) is 0 Å². The van der Waals surface area contributed by atoms with Gasteiger partial charge in [0.1, 0.15) is 5.75 Å². The maximum atomic E-state index is 12.1. The Morgan fingerprint density at radius 1 is 1.37 bits per heavy atom. The molecule has 2 amide bonds. The maximum absolute atomic E-state index is 12.1. The zero-order chi connectivity index (χ0) is 13.8. The molecule has 0 aromatic heterocycles. The number of nitrogens with zero attached hydrogens (tertiary/aromatic N) is 1. The third kappa shape index (κ3) is 2.70. The Morgan fingerprint density at radius 2 is 2.16 bits per heavy atom. The third-order valence-corrected chi connectivity index (χ3v) is 3.07. The number of rotatable bonds is 2. The first-order valence-corrected chi connectivity index (χ1v) is 6.34. The molecular formula is C14H17NO4. The number of hydrogen-bond acceptors (Lipinski definition) is 4. The summed E-state index contributed by atoms with van der Waals surface area (Å²) < 4.78 is 10.1. The van der Waals surface area contributed by atoms with Gasteiger partial charge in [-0.15, -0.1) is 0 Å². The molecule has 1 aromatic rings. The molecule has 5 nitrogen and oxygen atoms in total. The Labute approximate surface area is 112 Å². The Kier molecular flexibility index (Phi) is 4.04. The van der Waals surface area contributed by atoms with Crippen LogP contribution in [0.5, 0.6) is 5.75 Å². The number of imide groups is 1. The van der Waals surface area contributed by atoms with Crippen LogP contribution in [0.25, 0.3) is 0 Å². The lowest BCUT2D eigenvalue weighted by atomic mass is 10.1. The van der Waals surface area contributed by atoms with E-state index in [9.17, 15) is 9.59 Å². The predicted octanol–water partition coefficient (Wildman–Crippen LogP) is 2.52. The molecule has 0 bridgehead atoms. The summed E-state index contributed by atoms with van der Waals surface area (Å²) in [4.78, 5) is 25.2. The normalized spacial score (nSPS) is 14.6. The second-order valence-corrected chi connectivity index (χ2v) is 4.28. The molecule has 0 saturated heterocycles. The summed E-state index contributed by atoms with van der Waals surface area (Å²) in [5.41, 5.74) is 1.53. The van der Waals surface area contributed by atoms with E-state index in [0.717, 1.165) is 23.3 Å². The molecule has 0 atom stereocenters. The molecule has 0 aliphatic carbocycles. The number of hydrogen-bond donors (Lipinski definition) is 0. The van der Waals surface area contributed by atoms with E-state index >= 15 is 0 Å². The van der Waals surface area contributed by atoms with E-state index in [2.05, 4.69) is 0 Å². The molecule has 0 fully saturated rings. The van der Waals surface area contributed by atoms with Gasteiger partial charge in [0.25, 0.3) is 0 Å². The van der Waals surface area contributed by atoms with Gasteiger partial charge in [0, 0.05) is 12.5 Å². The summed E-state index contributed by atoms with van der Waals surface area (Å²) in [6.07, 6.45) is 1.22. The zero-order valence-corrected chi connectivity index (χ0v) is 11.1. The van der Waals surface area contributed by atoms with Crippen LogP contribution in [0.1, 0.15) is 25.3 Å². The smallest absolute Gasteiger partial charge is 0.421 e. The van der Waals surface area contributed by atoms with E-state index in [-0.39, 0.29) is 12.5 Å². The van der Waals surface area contributed by atoms with Gasteiger partial charge in [0.05, 0.1) is 19.4 Å². The number of aryl methyl sites for hydroxylation is 1. The molecule has 1 aliphatic rings. The standard InChI is InChI=1S/C14H17NO4/c1-3-19-14(17)15-12-9-11(18-2)8-7-10(12)5-4-6-13(15)16/h7-9H,3-6H2,1-2H3. The highest BCUT2D eigenvalue weighted by atomic mass is 16.6. The molecule has 1 aromatic carbocycles. The second kappa shape index (κ2) is 5.73. The zero-order valence-electron chi connectivity index (χ0n) is 11.1. The number of amides is 2. The number of methoxy groups -OCH3 is 1. The Balaban J connectivity index is 2.46. The Bertz CT molecular complexity index is 498. The fraction of sp³-hybridized carbons (Fsp3) is 0.429. The summed E-state index contributed by atoms with van der Waals surface area (Å²) in [7, 11) is 1.55. The van der Waals surface area contributed by atoms with Crippen molar-refractivity contribution in [3.63, 3.8) is 0 Å². The fourth-order valence-corrected chi connectivity index (χ4v) is 2.15. The SMILES string of the molecule is CCOC(=O)N1C(=O)CCCc2ccc(OC)cc21. The van der Waals surface area contributed by atoms with Crippen molar-refractivity contribution < 1.29 is 19.1 Å².